The number of aryl methyl sites for hydroxylation is 2. The molecule has 0 bridgehead atoms. The number of carbonyl (C=O) groups excluding carboxylic acids is 1. The second kappa shape index (κ2) is 3.58. The molecule has 2 aromatic rings. The van der Waals surface area contributed by atoms with Crippen molar-refractivity contribution in [1.82, 2.24) is 10.1 Å². The van der Waals surface area contributed by atoms with E-state index < -0.39 is 0 Å². The molecule has 5 heteroatoms. The molecular formula is C10H10N2O2S. The number of thiazole rings is 1. The summed E-state index contributed by atoms with van der Waals surface area (Å²) in [4.78, 5) is 16.0. The van der Waals surface area contributed by atoms with Gasteiger partial charge in [-0.05, 0) is 13.8 Å². The molecule has 0 fully saturated rings. The van der Waals surface area contributed by atoms with E-state index in [1.165, 1.54) is 18.3 Å². The number of nitrogens with zero attached hydrogens (tertiary/aromatic N) is 2. The second-order valence-corrected chi connectivity index (χ2v) is 4.32. The lowest BCUT2D eigenvalue weighted by Gasteiger charge is -1.91. The highest BCUT2D eigenvalue weighted by Gasteiger charge is 2.16. The smallest absolute Gasteiger partial charge is 0.171 e. The second-order valence-electron chi connectivity index (χ2n) is 3.29. The van der Waals surface area contributed by atoms with E-state index in [2.05, 4.69) is 10.1 Å². The molecule has 0 amide bonds. The van der Waals surface area contributed by atoms with E-state index in [0.717, 1.165) is 22.0 Å². The van der Waals surface area contributed by atoms with E-state index >= 15 is 0 Å². The zero-order valence-corrected chi connectivity index (χ0v) is 9.51. The number of rotatable bonds is 2. The Kier molecular flexibility index (Phi) is 2.40. The normalized spacial score (nSPS) is 10.6. The molecule has 2 aromatic heterocycles. The third-order valence-electron chi connectivity index (χ3n) is 2.10. The molecule has 4 nitrogen and oxygen atoms in total. The molecule has 0 saturated carbocycles. The Morgan fingerprint density at radius 3 is 2.67 bits per heavy atom. The Hall–Kier alpha value is -1.49. The summed E-state index contributed by atoms with van der Waals surface area (Å²) in [6.45, 7) is 5.23. The van der Waals surface area contributed by atoms with Crippen LogP contribution in [-0.2, 0) is 0 Å². The van der Waals surface area contributed by atoms with Gasteiger partial charge in [0.1, 0.15) is 10.8 Å². The summed E-state index contributed by atoms with van der Waals surface area (Å²) in [6.07, 6.45) is 1.59. The van der Waals surface area contributed by atoms with Crippen molar-refractivity contribution in [3.63, 3.8) is 0 Å². The first kappa shape index (κ1) is 10.0. The van der Waals surface area contributed by atoms with Crippen molar-refractivity contribution < 1.29 is 9.32 Å². The molecule has 15 heavy (non-hydrogen) atoms. The summed E-state index contributed by atoms with van der Waals surface area (Å²) in [5.74, 6) is 0.766. The van der Waals surface area contributed by atoms with Gasteiger partial charge < -0.3 is 4.52 Å². The van der Waals surface area contributed by atoms with E-state index in [-0.39, 0.29) is 5.78 Å². The molecule has 0 aliphatic rings. The van der Waals surface area contributed by atoms with Gasteiger partial charge in [0.15, 0.2) is 5.78 Å². The number of hydrogen-bond donors (Lipinski definition) is 0. The van der Waals surface area contributed by atoms with E-state index in [1.54, 1.807) is 6.20 Å². The fourth-order valence-corrected chi connectivity index (χ4v) is 2.30. The SMILES string of the molecule is CC(=O)c1cnc(-c2c(C)noc2C)s1. The lowest BCUT2D eigenvalue weighted by Crippen LogP contribution is -1.83. The summed E-state index contributed by atoms with van der Waals surface area (Å²) in [5, 5.41) is 4.64. The molecule has 78 valence electrons. The highest BCUT2D eigenvalue weighted by atomic mass is 32.1. The van der Waals surface area contributed by atoms with Crippen molar-refractivity contribution >= 4 is 17.1 Å². The van der Waals surface area contributed by atoms with Crippen molar-refractivity contribution in [2.45, 2.75) is 20.8 Å². The van der Waals surface area contributed by atoms with Crippen molar-refractivity contribution in [3.8, 4) is 10.6 Å². The van der Waals surface area contributed by atoms with Crippen LogP contribution in [0.3, 0.4) is 0 Å². The molecule has 0 aliphatic carbocycles. The predicted molar refractivity (Wildman–Crippen MR) is 57.1 cm³/mol. The topological polar surface area (TPSA) is 56.0 Å². The van der Waals surface area contributed by atoms with E-state index in [4.69, 9.17) is 4.52 Å². The maximum atomic E-state index is 11.1. The lowest BCUT2D eigenvalue weighted by atomic mass is 10.2. The lowest BCUT2D eigenvalue weighted by molar-refractivity contribution is 0.102. The summed E-state index contributed by atoms with van der Waals surface area (Å²) in [5.41, 5.74) is 1.70. The Morgan fingerprint density at radius 2 is 2.20 bits per heavy atom. The summed E-state index contributed by atoms with van der Waals surface area (Å²) < 4.78 is 5.05. The average molecular weight is 222 g/mol. The highest BCUT2D eigenvalue weighted by Crippen LogP contribution is 2.30. The number of ketones is 1. The van der Waals surface area contributed by atoms with Gasteiger partial charge in [0.05, 0.1) is 16.1 Å². The van der Waals surface area contributed by atoms with Gasteiger partial charge in [-0.25, -0.2) is 4.98 Å². The van der Waals surface area contributed by atoms with Crippen LogP contribution < -0.4 is 0 Å². The van der Waals surface area contributed by atoms with Gasteiger partial charge in [-0.2, -0.15) is 0 Å². The van der Waals surface area contributed by atoms with Crippen LogP contribution in [-0.4, -0.2) is 15.9 Å². The van der Waals surface area contributed by atoms with Gasteiger partial charge in [0.25, 0.3) is 0 Å². The van der Waals surface area contributed by atoms with Crippen molar-refractivity contribution in [3.05, 3.63) is 22.5 Å². The largest absolute Gasteiger partial charge is 0.361 e. The fourth-order valence-electron chi connectivity index (χ4n) is 1.34. The van der Waals surface area contributed by atoms with E-state index in [0.29, 0.717) is 4.88 Å². The maximum Gasteiger partial charge on any atom is 0.171 e. The van der Waals surface area contributed by atoms with Crippen molar-refractivity contribution in [2.24, 2.45) is 0 Å². The van der Waals surface area contributed by atoms with Crippen LogP contribution in [0.1, 0.15) is 28.0 Å². The van der Waals surface area contributed by atoms with E-state index in [9.17, 15) is 4.79 Å². The minimum Gasteiger partial charge on any atom is -0.361 e. The summed E-state index contributed by atoms with van der Waals surface area (Å²) in [7, 11) is 0. The van der Waals surface area contributed by atoms with Crippen molar-refractivity contribution in [1.29, 1.82) is 0 Å². The molecule has 0 radical (unpaired) electrons. The molecule has 0 aromatic carbocycles. The number of carbonyl (C=O) groups is 1. The van der Waals surface area contributed by atoms with Crippen LogP contribution in [0.5, 0.6) is 0 Å². The van der Waals surface area contributed by atoms with E-state index in [1.807, 2.05) is 13.8 Å². The Morgan fingerprint density at radius 1 is 1.47 bits per heavy atom. The molecule has 0 saturated heterocycles. The maximum absolute atomic E-state index is 11.1. The zero-order chi connectivity index (χ0) is 11.0. The first-order chi connectivity index (χ1) is 7.09. The standard InChI is InChI=1S/C10H10N2O2S/c1-5-9(7(3)14-12-5)10-11-4-8(15-10)6(2)13/h4H,1-3H3. The summed E-state index contributed by atoms with van der Waals surface area (Å²) in [6, 6.07) is 0. The molecule has 0 N–H and O–H groups in total. The molecule has 0 aliphatic heterocycles. The quantitative estimate of drug-likeness (QED) is 0.733. The number of Topliss-reactive ketones (excluding diaryl/α,β-unsaturated/α-hetero) is 1. The minimum atomic E-state index is 0.0329. The van der Waals surface area contributed by atoms with Crippen LogP contribution in [0.15, 0.2) is 10.7 Å². The molecule has 0 atom stereocenters. The first-order valence-electron chi connectivity index (χ1n) is 4.49. The van der Waals surface area contributed by atoms with Gasteiger partial charge in [-0.15, -0.1) is 11.3 Å². The molecular weight excluding hydrogens is 212 g/mol. The van der Waals surface area contributed by atoms with Crippen LogP contribution >= 0.6 is 11.3 Å². The number of hydrogen-bond acceptors (Lipinski definition) is 5. The van der Waals surface area contributed by atoms with Crippen molar-refractivity contribution in [2.75, 3.05) is 0 Å². The minimum absolute atomic E-state index is 0.0329. The molecule has 2 heterocycles. The van der Waals surface area contributed by atoms with Gasteiger partial charge in [-0.3, -0.25) is 4.79 Å². The number of aromatic nitrogens is 2. The Balaban J connectivity index is 2.50. The average Bonchev–Trinajstić information content (AvgIpc) is 2.73. The molecule has 0 spiro atoms. The monoisotopic (exact) mass is 222 g/mol. The van der Waals surface area contributed by atoms with Crippen LogP contribution in [0, 0.1) is 13.8 Å². The summed E-state index contributed by atoms with van der Waals surface area (Å²) >= 11 is 1.37. The Labute approximate surface area is 90.9 Å². The molecule has 2 rings (SSSR count). The zero-order valence-electron chi connectivity index (χ0n) is 8.70. The molecule has 0 unspecified atom stereocenters. The van der Waals surface area contributed by atoms with Gasteiger partial charge >= 0.3 is 0 Å². The fraction of sp³-hybridized carbons (Fsp3) is 0.300. The van der Waals surface area contributed by atoms with Crippen LogP contribution in [0.2, 0.25) is 0 Å². The van der Waals surface area contributed by atoms with Crippen LogP contribution in [0.25, 0.3) is 10.6 Å². The van der Waals surface area contributed by atoms with Gasteiger partial charge in [-0.1, -0.05) is 5.16 Å². The third-order valence-corrected chi connectivity index (χ3v) is 3.22. The Bertz CT molecular complexity index is 494. The van der Waals surface area contributed by atoms with Gasteiger partial charge in [0, 0.05) is 13.1 Å². The van der Waals surface area contributed by atoms with Gasteiger partial charge in [0.2, 0.25) is 0 Å². The predicted octanol–water partition coefficient (Wildman–Crippen LogP) is 2.62. The first-order valence-corrected chi connectivity index (χ1v) is 5.31. The van der Waals surface area contributed by atoms with Crippen LogP contribution in [0.4, 0.5) is 0 Å². The third kappa shape index (κ3) is 1.70. The highest BCUT2D eigenvalue weighted by molar-refractivity contribution is 7.16.